The smallest absolute Gasteiger partial charge is 0.00795 e. The van der Waals surface area contributed by atoms with Gasteiger partial charge in [-0.15, -0.1) is 0 Å². The Kier molecular flexibility index (Phi) is 4.87. The molecule has 2 heteroatoms. The second kappa shape index (κ2) is 6.19. The molecule has 2 N–H and O–H groups in total. The van der Waals surface area contributed by atoms with Crippen LogP contribution in [-0.2, 0) is 0 Å². The van der Waals surface area contributed by atoms with Crippen LogP contribution in [0.25, 0.3) is 0 Å². The highest BCUT2D eigenvalue weighted by atomic mass is 15.1. The maximum atomic E-state index is 6.27. The van der Waals surface area contributed by atoms with E-state index < -0.39 is 0 Å². The fourth-order valence-corrected chi connectivity index (χ4v) is 3.84. The highest BCUT2D eigenvalue weighted by Crippen LogP contribution is 2.29. The van der Waals surface area contributed by atoms with Gasteiger partial charge < -0.3 is 10.6 Å². The summed E-state index contributed by atoms with van der Waals surface area (Å²) in [5.74, 6) is 2.60. The number of rotatable bonds is 4. The topological polar surface area (TPSA) is 29.3 Å². The minimum Gasteiger partial charge on any atom is -0.327 e. The van der Waals surface area contributed by atoms with Crippen molar-refractivity contribution >= 4 is 0 Å². The molecule has 0 aromatic rings. The average molecular weight is 238 g/mol. The van der Waals surface area contributed by atoms with Gasteiger partial charge in [-0.1, -0.05) is 19.8 Å². The Morgan fingerprint density at radius 3 is 2.47 bits per heavy atom. The third kappa shape index (κ3) is 3.96. The summed E-state index contributed by atoms with van der Waals surface area (Å²) in [5.41, 5.74) is 6.27. The van der Waals surface area contributed by atoms with Crippen molar-refractivity contribution in [3.63, 3.8) is 0 Å². The molecule has 3 atom stereocenters. The fraction of sp³-hybridized carbons (Fsp3) is 1.00. The molecule has 0 spiro atoms. The largest absolute Gasteiger partial charge is 0.327 e. The number of hydrogen-bond acceptors (Lipinski definition) is 2. The second-order valence-electron chi connectivity index (χ2n) is 6.71. The lowest BCUT2D eigenvalue weighted by molar-refractivity contribution is 0.167. The molecule has 0 saturated heterocycles. The van der Waals surface area contributed by atoms with Crippen LogP contribution >= 0.6 is 0 Å². The SMILES string of the molecule is CC1CCC(N)C(CN(C)CC2CCCC2)C1. The van der Waals surface area contributed by atoms with E-state index >= 15 is 0 Å². The molecule has 2 nitrogen and oxygen atoms in total. The van der Waals surface area contributed by atoms with Gasteiger partial charge in [0.1, 0.15) is 0 Å². The zero-order valence-electron chi connectivity index (χ0n) is 11.7. The molecule has 2 saturated carbocycles. The van der Waals surface area contributed by atoms with E-state index in [2.05, 4.69) is 18.9 Å². The molecule has 2 aliphatic rings. The van der Waals surface area contributed by atoms with Gasteiger partial charge in [-0.25, -0.2) is 0 Å². The molecule has 100 valence electrons. The molecule has 0 aromatic carbocycles. The standard InChI is InChI=1S/C15H30N2/c1-12-7-8-15(16)14(9-12)11-17(2)10-13-5-3-4-6-13/h12-15H,3-11,16H2,1-2H3. The van der Waals surface area contributed by atoms with Crippen molar-refractivity contribution in [1.82, 2.24) is 4.90 Å². The summed E-state index contributed by atoms with van der Waals surface area (Å²) in [5, 5.41) is 0. The Balaban J connectivity index is 1.74. The predicted octanol–water partition coefficient (Wildman–Crippen LogP) is 2.87. The van der Waals surface area contributed by atoms with Gasteiger partial charge in [0.05, 0.1) is 0 Å². The van der Waals surface area contributed by atoms with E-state index in [1.54, 1.807) is 0 Å². The van der Waals surface area contributed by atoms with E-state index in [1.807, 2.05) is 0 Å². The Morgan fingerprint density at radius 1 is 1.06 bits per heavy atom. The van der Waals surface area contributed by atoms with Crippen molar-refractivity contribution in [1.29, 1.82) is 0 Å². The lowest BCUT2D eigenvalue weighted by Crippen LogP contribution is -2.42. The van der Waals surface area contributed by atoms with E-state index in [1.165, 1.54) is 58.0 Å². The number of nitrogens with two attached hydrogens (primary N) is 1. The van der Waals surface area contributed by atoms with Crippen molar-refractivity contribution in [2.45, 2.75) is 57.9 Å². The Hall–Kier alpha value is -0.0800. The maximum absolute atomic E-state index is 6.27. The van der Waals surface area contributed by atoms with Gasteiger partial charge >= 0.3 is 0 Å². The van der Waals surface area contributed by atoms with Crippen LogP contribution < -0.4 is 5.73 Å². The molecule has 0 aromatic heterocycles. The van der Waals surface area contributed by atoms with E-state index in [0.29, 0.717) is 6.04 Å². The van der Waals surface area contributed by atoms with Crippen molar-refractivity contribution < 1.29 is 0 Å². The van der Waals surface area contributed by atoms with Crippen LogP contribution in [0.1, 0.15) is 51.9 Å². The maximum Gasteiger partial charge on any atom is 0.00795 e. The van der Waals surface area contributed by atoms with Gasteiger partial charge in [-0.3, -0.25) is 0 Å². The molecular formula is C15H30N2. The van der Waals surface area contributed by atoms with Gasteiger partial charge in [0.2, 0.25) is 0 Å². The van der Waals surface area contributed by atoms with Gasteiger partial charge in [0.15, 0.2) is 0 Å². The Bertz CT molecular complexity index is 223. The normalized spacial score (nSPS) is 35.6. The third-order valence-electron chi connectivity index (χ3n) is 4.89. The first-order valence-corrected chi connectivity index (χ1v) is 7.59. The van der Waals surface area contributed by atoms with Crippen molar-refractivity contribution in [2.75, 3.05) is 20.1 Å². The average Bonchev–Trinajstić information content (AvgIpc) is 2.76. The molecule has 0 radical (unpaired) electrons. The summed E-state index contributed by atoms with van der Waals surface area (Å²) >= 11 is 0. The Labute approximate surface area is 107 Å². The Morgan fingerprint density at radius 2 is 1.76 bits per heavy atom. The summed E-state index contributed by atoms with van der Waals surface area (Å²) in [6, 6.07) is 0.456. The summed E-state index contributed by atoms with van der Waals surface area (Å²) in [6.45, 7) is 4.91. The van der Waals surface area contributed by atoms with E-state index in [0.717, 1.165) is 17.8 Å². The molecule has 0 amide bonds. The monoisotopic (exact) mass is 238 g/mol. The second-order valence-corrected chi connectivity index (χ2v) is 6.71. The van der Waals surface area contributed by atoms with Gasteiger partial charge in [-0.2, -0.15) is 0 Å². The predicted molar refractivity (Wildman–Crippen MR) is 73.9 cm³/mol. The fourth-order valence-electron chi connectivity index (χ4n) is 3.84. The minimum atomic E-state index is 0.456. The van der Waals surface area contributed by atoms with Crippen molar-refractivity contribution in [3.8, 4) is 0 Å². The number of hydrogen-bond donors (Lipinski definition) is 1. The summed E-state index contributed by atoms with van der Waals surface area (Å²) in [4.78, 5) is 2.55. The quantitative estimate of drug-likeness (QED) is 0.816. The molecule has 2 aliphatic carbocycles. The van der Waals surface area contributed by atoms with Crippen LogP contribution in [0.5, 0.6) is 0 Å². The third-order valence-corrected chi connectivity index (χ3v) is 4.89. The zero-order chi connectivity index (χ0) is 12.3. The summed E-state index contributed by atoms with van der Waals surface area (Å²) in [6.07, 6.45) is 9.75. The van der Waals surface area contributed by atoms with Crippen molar-refractivity contribution in [3.05, 3.63) is 0 Å². The molecule has 0 aliphatic heterocycles. The highest BCUT2D eigenvalue weighted by Gasteiger charge is 2.27. The molecule has 0 bridgehead atoms. The van der Waals surface area contributed by atoms with Gasteiger partial charge in [-0.05, 0) is 56.9 Å². The first kappa shape index (κ1) is 13.4. The minimum absolute atomic E-state index is 0.456. The number of nitrogens with zero attached hydrogens (tertiary/aromatic N) is 1. The summed E-state index contributed by atoms with van der Waals surface area (Å²) in [7, 11) is 2.30. The molecule has 17 heavy (non-hydrogen) atoms. The van der Waals surface area contributed by atoms with Crippen LogP contribution in [0.2, 0.25) is 0 Å². The van der Waals surface area contributed by atoms with Gasteiger partial charge in [0.25, 0.3) is 0 Å². The highest BCUT2D eigenvalue weighted by molar-refractivity contribution is 4.83. The lowest BCUT2D eigenvalue weighted by atomic mass is 9.79. The van der Waals surface area contributed by atoms with E-state index in [-0.39, 0.29) is 0 Å². The summed E-state index contributed by atoms with van der Waals surface area (Å²) < 4.78 is 0. The first-order chi connectivity index (χ1) is 8.15. The van der Waals surface area contributed by atoms with Crippen LogP contribution in [-0.4, -0.2) is 31.1 Å². The first-order valence-electron chi connectivity index (χ1n) is 7.59. The van der Waals surface area contributed by atoms with Crippen LogP contribution in [0.15, 0.2) is 0 Å². The molecule has 3 unspecified atom stereocenters. The van der Waals surface area contributed by atoms with Crippen LogP contribution in [0.4, 0.5) is 0 Å². The molecule has 0 heterocycles. The van der Waals surface area contributed by atoms with Crippen LogP contribution in [0.3, 0.4) is 0 Å². The molecule has 2 fully saturated rings. The van der Waals surface area contributed by atoms with Gasteiger partial charge in [0, 0.05) is 19.1 Å². The zero-order valence-corrected chi connectivity index (χ0v) is 11.7. The lowest BCUT2D eigenvalue weighted by Gasteiger charge is -2.35. The van der Waals surface area contributed by atoms with E-state index in [4.69, 9.17) is 5.73 Å². The van der Waals surface area contributed by atoms with E-state index in [9.17, 15) is 0 Å². The van der Waals surface area contributed by atoms with Crippen LogP contribution in [0, 0.1) is 17.8 Å². The van der Waals surface area contributed by atoms with Crippen molar-refractivity contribution in [2.24, 2.45) is 23.5 Å². The molecular weight excluding hydrogens is 208 g/mol. The molecule has 2 rings (SSSR count).